The number of carbonyl (C=O) groups excluding carboxylic acids is 2. The first-order chi connectivity index (χ1) is 10.7. The van der Waals surface area contributed by atoms with Crippen molar-refractivity contribution in [2.45, 2.75) is 36.8 Å². The molecule has 5 atom stereocenters. The minimum absolute atomic E-state index is 0.00546. The number of hydrogen-bond donors (Lipinski definition) is 0. The van der Waals surface area contributed by atoms with Crippen molar-refractivity contribution >= 4 is 17.9 Å². The Hall–Kier alpha value is -1.68. The summed E-state index contributed by atoms with van der Waals surface area (Å²) in [5.74, 6) is 0.744. The zero-order valence-electron chi connectivity index (χ0n) is 12.7. The Morgan fingerprint density at radius 1 is 1.27 bits per heavy atom. The van der Waals surface area contributed by atoms with Gasteiger partial charge in [-0.05, 0) is 50.4 Å². The van der Waals surface area contributed by atoms with E-state index in [2.05, 4.69) is 24.1 Å². The molecule has 4 bridgehead atoms. The number of carbonyl (C=O) groups is 2. The monoisotopic (exact) mass is 296 g/mol. The highest BCUT2D eigenvalue weighted by Crippen LogP contribution is 2.63. The van der Waals surface area contributed by atoms with Crippen molar-refractivity contribution < 1.29 is 9.59 Å². The summed E-state index contributed by atoms with van der Waals surface area (Å²) in [6.45, 7) is 0.942. The van der Waals surface area contributed by atoms with Gasteiger partial charge in [-0.3, -0.25) is 14.5 Å². The number of likely N-dealkylation sites (N-methyl/N-ethyl adjacent to an activating group) is 1. The van der Waals surface area contributed by atoms with Gasteiger partial charge in [0.1, 0.15) is 0 Å². The van der Waals surface area contributed by atoms with Gasteiger partial charge in [-0.1, -0.05) is 18.2 Å². The molecule has 4 nitrogen and oxygen atoms in total. The molecular weight excluding hydrogens is 276 g/mol. The number of anilines is 1. The largest absolute Gasteiger partial charge is 0.310 e. The van der Waals surface area contributed by atoms with Crippen LogP contribution in [0.4, 0.5) is 5.69 Å². The third-order valence-electron chi connectivity index (χ3n) is 6.85. The standard InChI is InChI=1S/C18H20N2O2/c1-19-9-8-18-12-4-2-3-5-14(12)20(10-21)17(18)11-6-7-13(18)15(19)16(11)22/h2-5,10-11,13,15,17H,6-9H2,1H3. The number of benzene rings is 1. The molecule has 0 N–H and O–H groups in total. The van der Waals surface area contributed by atoms with Gasteiger partial charge in [0.2, 0.25) is 6.41 Å². The van der Waals surface area contributed by atoms with E-state index in [1.165, 1.54) is 5.56 Å². The molecule has 6 rings (SSSR count). The quantitative estimate of drug-likeness (QED) is 0.739. The number of Topliss-reactive ketones (excluding diaryl/α,β-unsaturated/α-hetero) is 1. The molecule has 5 aliphatic rings. The molecule has 2 heterocycles. The first-order valence-corrected chi connectivity index (χ1v) is 8.27. The van der Waals surface area contributed by atoms with Gasteiger partial charge in [0.05, 0.1) is 12.1 Å². The Kier molecular flexibility index (Phi) is 2.32. The molecule has 1 aromatic carbocycles. The van der Waals surface area contributed by atoms with Crippen molar-refractivity contribution in [1.82, 2.24) is 4.90 Å². The highest BCUT2D eigenvalue weighted by atomic mass is 16.1. The van der Waals surface area contributed by atoms with Gasteiger partial charge in [0.15, 0.2) is 5.78 Å². The molecular formula is C18H20N2O2. The van der Waals surface area contributed by atoms with E-state index < -0.39 is 0 Å². The fourth-order valence-corrected chi connectivity index (χ4v) is 6.17. The van der Waals surface area contributed by atoms with Gasteiger partial charge in [-0.15, -0.1) is 0 Å². The average molecular weight is 296 g/mol. The normalized spacial score (nSPS) is 42.2. The van der Waals surface area contributed by atoms with E-state index in [0.717, 1.165) is 37.9 Å². The second-order valence-corrected chi connectivity index (χ2v) is 7.38. The number of rotatable bonds is 1. The van der Waals surface area contributed by atoms with Crippen LogP contribution in [0, 0.1) is 11.8 Å². The second kappa shape index (κ2) is 3.99. The van der Waals surface area contributed by atoms with Crippen LogP contribution in [0.3, 0.4) is 0 Å². The Morgan fingerprint density at radius 3 is 2.91 bits per heavy atom. The van der Waals surface area contributed by atoms with Crippen molar-refractivity contribution in [1.29, 1.82) is 0 Å². The molecule has 3 aliphatic carbocycles. The van der Waals surface area contributed by atoms with E-state index in [-0.39, 0.29) is 23.4 Å². The van der Waals surface area contributed by atoms with Crippen LogP contribution >= 0.6 is 0 Å². The Labute approximate surface area is 130 Å². The van der Waals surface area contributed by atoms with Crippen LogP contribution in [0.15, 0.2) is 24.3 Å². The molecule has 1 amide bonds. The number of ketones is 1. The summed E-state index contributed by atoms with van der Waals surface area (Å²) in [4.78, 5) is 28.9. The predicted molar refractivity (Wildman–Crippen MR) is 82.7 cm³/mol. The summed E-state index contributed by atoms with van der Waals surface area (Å²) < 4.78 is 0. The topological polar surface area (TPSA) is 40.6 Å². The molecule has 0 radical (unpaired) electrons. The molecule has 114 valence electrons. The van der Waals surface area contributed by atoms with Crippen molar-refractivity contribution in [2.24, 2.45) is 11.8 Å². The molecule has 0 aromatic heterocycles. The molecule has 4 heteroatoms. The lowest BCUT2D eigenvalue weighted by molar-refractivity contribution is -0.151. The SMILES string of the molecule is CN1CCC23c4ccccc4N(C=O)C2C2CCC3C1C2=O. The van der Waals surface area contributed by atoms with Gasteiger partial charge >= 0.3 is 0 Å². The average Bonchev–Trinajstić information content (AvgIpc) is 2.84. The van der Waals surface area contributed by atoms with E-state index >= 15 is 0 Å². The van der Waals surface area contributed by atoms with Gasteiger partial charge in [-0.2, -0.15) is 0 Å². The van der Waals surface area contributed by atoms with E-state index in [4.69, 9.17) is 0 Å². The first-order valence-electron chi connectivity index (χ1n) is 8.27. The predicted octanol–water partition coefficient (Wildman–Crippen LogP) is 1.58. The molecule has 1 saturated heterocycles. The maximum absolute atomic E-state index is 13.0. The van der Waals surface area contributed by atoms with Gasteiger partial charge in [-0.25, -0.2) is 0 Å². The van der Waals surface area contributed by atoms with Crippen molar-refractivity contribution in [3.63, 3.8) is 0 Å². The number of piperidine rings is 1. The maximum Gasteiger partial charge on any atom is 0.214 e. The summed E-state index contributed by atoms with van der Waals surface area (Å²) in [6, 6.07) is 8.44. The van der Waals surface area contributed by atoms with E-state index in [9.17, 15) is 9.59 Å². The van der Waals surface area contributed by atoms with Crippen molar-refractivity contribution in [2.75, 3.05) is 18.5 Å². The number of para-hydroxylation sites is 1. The van der Waals surface area contributed by atoms with Gasteiger partial charge in [0.25, 0.3) is 0 Å². The fraction of sp³-hybridized carbons (Fsp3) is 0.556. The third kappa shape index (κ3) is 1.18. The number of nitrogens with zero attached hydrogens (tertiary/aromatic N) is 2. The minimum Gasteiger partial charge on any atom is -0.310 e. The summed E-state index contributed by atoms with van der Waals surface area (Å²) >= 11 is 0. The molecule has 4 fully saturated rings. The fourth-order valence-electron chi connectivity index (χ4n) is 6.17. The first kappa shape index (κ1) is 12.8. The maximum atomic E-state index is 13.0. The number of amides is 1. The highest BCUT2D eigenvalue weighted by molar-refractivity contribution is 5.95. The molecule has 3 saturated carbocycles. The number of likely N-dealkylation sites (tertiary alicyclic amines) is 1. The Morgan fingerprint density at radius 2 is 2.09 bits per heavy atom. The zero-order chi connectivity index (χ0) is 15.1. The highest BCUT2D eigenvalue weighted by Gasteiger charge is 2.69. The smallest absolute Gasteiger partial charge is 0.214 e. The van der Waals surface area contributed by atoms with Crippen molar-refractivity contribution in [3.8, 4) is 0 Å². The van der Waals surface area contributed by atoms with E-state index in [0.29, 0.717) is 11.7 Å². The Bertz CT molecular complexity index is 687. The van der Waals surface area contributed by atoms with Crippen LogP contribution in [-0.2, 0) is 15.0 Å². The van der Waals surface area contributed by atoms with Crippen LogP contribution in [0.2, 0.25) is 0 Å². The van der Waals surface area contributed by atoms with Crippen LogP contribution in [0.5, 0.6) is 0 Å². The summed E-state index contributed by atoms with van der Waals surface area (Å²) in [5.41, 5.74) is 2.36. The van der Waals surface area contributed by atoms with Gasteiger partial charge < -0.3 is 4.90 Å². The van der Waals surface area contributed by atoms with Crippen LogP contribution in [0.25, 0.3) is 0 Å². The molecule has 2 aliphatic heterocycles. The van der Waals surface area contributed by atoms with Crippen LogP contribution in [-0.4, -0.2) is 42.8 Å². The summed E-state index contributed by atoms with van der Waals surface area (Å²) in [6.07, 6.45) is 4.07. The minimum atomic E-state index is 0.00546. The van der Waals surface area contributed by atoms with Crippen LogP contribution in [0.1, 0.15) is 24.8 Å². The van der Waals surface area contributed by atoms with Crippen LogP contribution < -0.4 is 4.90 Å². The molecule has 1 spiro atoms. The van der Waals surface area contributed by atoms with Gasteiger partial charge in [0, 0.05) is 17.0 Å². The lowest BCUT2D eigenvalue weighted by Gasteiger charge is -2.62. The third-order valence-corrected chi connectivity index (χ3v) is 6.85. The lowest BCUT2D eigenvalue weighted by Crippen LogP contribution is -2.73. The molecule has 22 heavy (non-hydrogen) atoms. The molecule has 5 unspecified atom stereocenters. The summed E-state index contributed by atoms with van der Waals surface area (Å²) in [5, 5.41) is 0. The summed E-state index contributed by atoms with van der Waals surface area (Å²) in [7, 11) is 2.09. The second-order valence-electron chi connectivity index (χ2n) is 7.38. The van der Waals surface area contributed by atoms with E-state index in [1.807, 2.05) is 17.0 Å². The Balaban J connectivity index is 1.79. The van der Waals surface area contributed by atoms with Crippen molar-refractivity contribution in [3.05, 3.63) is 29.8 Å². The number of hydrogen-bond acceptors (Lipinski definition) is 3. The van der Waals surface area contributed by atoms with E-state index in [1.54, 1.807) is 0 Å². The number of fused-ring (bicyclic) bond motifs is 2. The molecule has 1 aromatic rings. The zero-order valence-corrected chi connectivity index (χ0v) is 12.7. The lowest BCUT2D eigenvalue weighted by atomic mass is 9.47.